The molecule has 0 aromatic carbocycles. The van der Waals surface area contributed by atoms with Gasteiger partial charge in [-0.25, -0.2) is 0 Å². The number of aromatic nitrogens is 2. The van der Waals surface area contributed by atoms with Crippen molar-refractivity contribution in [3.63, 3.8) is 0 Å². The molecule has 27 heavy (non-hydrogen) atoms. The fourth-order valence-corrected chi connectivity index (χ4v) is 3.12. The number of unbranched alkanes of at least 4 members (excludes halogenated alkanes) is 6. The highest BCUT2D eigenvalue weighted by Crippen LogP contribution is 2.16. The van der Waals surface area contributed by atoms with Crippen molar-refractivity contribution in [1.29, 1.82) is 0 Å². The molecule has 0 aliphatic rings. The third-order valence-electron chi connectivity index (χ3n) is 3.88. The number of amides is 3. The summed E-state index contributed by atoms with van der Waals surface area (Å²) in [6, 6.07) is 0. The van der Waals surface area contributed by atoms with Crippen LogP contribution in [0.5, 0.6) is 0 Å². The molecule has 1 aromatic heterocycles. The molecule has 0 saturated carbocycles. The van der Waals surface area contributed by atoms with Gasteiger partial charge in [-0.3, -0.25) is 25.2 Å². The molecule has 3 amide bonds. The quantitative estimate of drug-likeness (QED) is 0.350. The van der Waals surface area contributed by atoms with Crippen LogP contribution in [0.1, 0.15) is 83.1 Å². The maximum Gasteiger partial charge on any atom is 0.245 e. The zero-order chi connectivity index (χ0) is 19.9. The van der Waals surface area contributed by atoms with Gasteiger partial charge in [0.1, 0.15) is 5.01 Å². The minimum absolute atomic E-state index is 0.000151. The van der Waals surface area contributed by atoms with E-state index in [0.29, 0.717) is 23.0 Å². The van der Waals surface area contributed by atoms with Crippen LogP contribution in [-0.2, 0) is 20.8 Å². The normalized spacial score (nSPS) is 10.4. The fraction of sp³-hybridized carbons (Fsp3) is 0.722. The molecular formula is C18H31N5O3S. The van der Waals surface area contributed by atoms with Crippen molar-refractivity contribution in [2.75, 3.05) is 5.32 Å². The summed E-state index contributed by atoms with van der Waals surface area (Å²) in [4.78, 5) is 35.3. The molecule has 1 rings (SSSR count). The number of hydrogen-bond acceptors (Lipinski definition) is 6. The van der Waals surface area contributed by atoms with Crippen molar-refractivity contribution in [3.8, 4) is 0 Å². The number of carbonyl (C=O) groups excluding carboxylic acids is 3. The van der Waals surface area contributed by atoms with Gasteiger partial charge in [0.15, 0.2) is 0 Å². The highest BCUT2D eigenvalue weighted by molar-refractivity contribution is 7.15. The Morgan fingerprint density at radius 1 is 0.778 bits per heavy atom. The van der Waals surface area contributed by atoms with Gasteiger partial charge in [0, 0.05) is 12.8 Å². The van der Waals surface area contributed by atoms with E-state index in [1.807, 2.05) is 0 Å². The summed E-state index contributed by atoms with van der Waals surface area (Å²) in [6.45, 7) is 4.23. The number of anilines is 1. The van der Waals surface area contributed by atoms with Gasteiger partial charge >= 0.3 is 0 Å². The summed E-state index contributed by atoms with van der Waals surface area (Å²) in [5.74, 6) is -0.660. The largest absolute Gasteiger partial charge is 0.301 e. The zero-order valence-electron chi connectivity index (χ0n) is 16.3. The topological polar surface area (TPSA) is 113 Å². The van der Waals surface area contributed by atoms with Crippen LogP contribution in [0.15, 0.2) is 0 Å². The first kappa shape index (κ1) is 23.0. The minimum atomic E-state index is -0.370. The van der Waals surface area contributed by atoms with E-state index in [1.54, 1.807) is 0 Å². The van der Waals surface area contributed by atoms with Crippen LogP contribution < -0.4 is 16.2 Å². The van der Waals surface area contributed by atoms with E-state index in [-0.39, 0.29) is 24.1 Å². The lowest BCUT2D eigenvalue weighted by Gasteiger charge is -2.06. The molecule has 0 aliphatic carbocycles. The predicted octanol–water partition coefficient (Wildman–Crippen LogP) is 3.11. The molecule has 9 heteroatoms. The van der Waals surface area contributed by atoms with Gasteiger partial charge in [-0.2, -0.15) is 0 Å². The van der Waals surface area contributed by atoms with Crippen molar-refractivity contribution in [3.05, 3.63) is 5.01 Å². The number of rotatable bonds is 13. The maximum absolute atomic E-state index is 11.9. The van der Waals surface area contributed by atoms with Crippen molar-refractivity contribution in [2.24, 2.45) is 0 Å². The minimum Gasteiger partial charge on any atom is -0.301 e. The first-order valence-electron chi connectivity index (χ1n) is 9.75. The molecule has 0 radical (unpaired) electrons. The van der Waals surface area contributed by atoms with Crippen LogP contribution in [-0.4, -0.2) is 27.9 Å². The Balaban J connectivity index is 2.23. The smallest absolute Gasteiger partial charge is 0.245 e. The molecule has 0 aliphatic heterocycles. The number of nitrogens with one attached hydrogen (secondary N) is 3. The lowest BCUT2D eigenvalue weighted by Crippen LogP contribution is -2.42. The van der Waals surface area contributed by atoms with E-state index in [1.165, 1.54) is 0 Å². The predicted molar refractivity (Wildman–Crippen MR) is 106 cm³/mol. The van der Waals surface area contributed by atoms with Crippen molar-refractivity contribution < 1.29 is 14.4 Å². The molecule has 0 bridgehead atoms. The third-order valence-corrected chi connectivity index (χ3v) is 4.72. The number of carbonyl (C=O) groups is 3. The van der Waals surface area contributed by atoms with Gasteiger partial charge in [0.25, 0.3) is 0 Å². The molecule has 152 valence electrons. The summed E-state index contributed by atoms with van der Waals surface area (Å²) >= 11 is 1.16. The number of nitrogens with zero attached hydrogens (tertiary/aromatic N) is 2. The molecular weight excluding hydrogens is 366 g/mol. The Kier molecular flexibility index (Phi) is 12.0. The summed E-state index contributed by atoms with van der Waals surface area (Å²) in [5, 5.41) is 11.3. The summed E-state index contributed by atoms with van der Waals surface area (Å²) < 4.78 is 0. The summed E-state index contributed by atoms with van der Waals surface area (Å²) in [5.41, 5.74) is 4.78. The summed E-state index contributed by atoms with van der Waals surface area (Å²) in [6.07, 6.45) is 9.04. The molecule has 0 saturated heterocycles. The molecule has 1 aromatic rings. The first-order chi connectivity index (χ1) is 13.0. The standard InChI is InChI=1S/C18H31N5O3S/c1-3-5-7-9-11-14(24)19-18-23-22-17(27-18)13-16(26)21-20-15(25)12-10-8-6-4-2/h3-13H2,1-2H3,(H,20,25)(H,21,26)(H,19,23,24). The highest BCUT2D eigenvalue weighted by Gasteiger charge is 2.12. The maximum atomic E-state index is 11.9. The second-order valence-electron chi connectivity index (χ2n) is 6.44. The van der Waals surface area contributed by atoms with E-state index in [9.17, 15) is 14.4 Å². The lowest BCUT2D eigenvalue weighted by molar-refractivity contribution is -0.128. The van der Waals surface area contributed by atoms with Gasteiger partial charge in [0.05, 0.1) is 6.42 Å². The Bertz CT molecular complexity index is 591. The van der Waals surface area contributed by atoms with Gasteiger partial charge in [0.2, 0.25) is 22.9 Å². The number of hydrazine groups is 1. The monoisotopic (exact) mass is 397 g/mol. The number of hydrogen-bond donors (Lipinski definition) is 3. The molecule has 0 spiro atoms. The van der Waals surface area contributed by atoms with Crippen LogP contribution >= 0.6 is 11.3 Å². The first-order valence-corrected chi connectivity index (χ1v) is 10.6. The average molecular weight is 398 g/mol. The Morgan fingerprint density at radius 2 is 1.37 bits per heavy atom. The second-order valence-corrected chi connectivity index (χ2v) is 7.51. The molecule has 0 fully saturated rings. The van der Waals surface area contributed by atoms with Crippen molar-refractivity contribution in [2.45, 2.75) is 84.5 Å². The van der Waals surface area contributed by atoms with Gasteiger partial charge in [-0.05, 0) is 12.8 Å². The van der Waals surface area contributed by atoms with Crippen LogP contribution in [0.4, 0.5) is 5.13 Å². The van der Waals surface area contributed by atoms with E-state index in [2.05, 4.69) is 40.2 Å². The van der Waals surface area contributed by atoms with Crippen molar-refractivity contribution in [1.82, 2.24) is 21.0 Å². The van der Waals surface area contributed by atoms with E-state index < -0.39 is 0 Å². The van der Waals surface area contributed by atoms with E-state index >= 15 is 0 Å². The van der Waals surface area contributed by atoms with Gasteiger partial charge in [-0.1, -0.05) is 63.7 Å². The van der Waals surface area contributed by atoms with Gasteiger partial charge in [-0.15, -0.1) is 10.2 Å². The Hall–Kier alpha value is -2.03. The fourth-order valence-electron chi connectivity index (χ4n) is 2.37. The molecule has 3 N–H and O–H groups in total. The zero-order valence-corrected chi connectivity index (χ0v) is 17.1. The average Bonchev–Trinajstić information content (AvgIpc) is 3.07. The molecule has 8 nitrogen and oxygen atoms in total. The third kappa shape index (κ3) is 11.3. The Morgan fingerprint density at radius 3 is 2.00 bits per heavy atom. The van der Waals surface area contributed by atoms with Crippen LogP contribution in [0, 0.1) is 0 Å². The molecule has 1 heterocycles. The van der Waals surface area contributed by atoms with Crippen molar-refractivity contribution >= 4 is 34.2 Å². The van der Waals surface area contributed by atoms with Crippen LogP contribution in [0.3, 0.4) is 0 Å². The SMILES string of the molecule is CCCCCCC(=O)NNC(=O)Cc1nnc(NC(=O)CCCCCC)s1. The Labute approximate surface area is 164 Å². The molecule has 0 unspecified atom stereocenters. The summed E-state index contributed by atoms with van der Waals surface area (Å²) in [7, 11) is 0. The van der Waals surface area contributed by atoms with Crippen LogP contribution in [0.2, 0.25) is 0 Å². The molecule has 0 atom stereocenters. The lowest BCUT2D eigenvalue weighted by atomic mass is 10.1. The second kappa shape index (κ2) is 14.1. The van der Waals surface area contributed by atoms with Gasteiger partial charge < -0.3 is 5.32 Å². The van der Waals surface area contributed by atoms with E-state index in [0.717, 1.165) is 62.7 Å². The van der Waals surface area contributed by atoms with Crippen LogP contribution in [0.25, 0.3) is 0 Å². The van der Waals surface area contributed by atoms with E-state index in [4.69, 9.17) is 0 Å². The highest BCUT2D eigenvalue weighted by atomic mass is 32.1.